The van der Waals surface area contributed by atoms with Crippen LogP contribution in [0.25, 0.3) is 0 Å². The van der Waals surface area contributed by atoms with Crippen LogP contribution < -0.4 is 10.6 Å². The van der Waals surface area contributed by atoms with E-state index in [0.717, 1.165) is 17.0 Å². The summed E-state index contributed by atoms with van der Waals surface area (Å²) < 4.78 is 28.4. The number of anilines is 1. The van der Waals surface area contributed by atoms with E-state index < -0.39 is 11.6 Å². The minimum atomic E-state index is -0.762. The zero-order valence-electron chi connectivity index (χ0n) is 11.5. The molecule has 0 aliphatic heterocycles. The number of thiophene rings is 1. The molecule has 0 amide bonds. The lowest BCUT2D eigenvalue weighted by Crippen LogP contribution is -2.24. The van der Waals surface area contributed by atoms with Crippen molar-refractivity contribution < 1.29 is 14.0 Å². The Kier molecular flexibility index (Phi) is 4.42. The number of hydrogen-bond acceptors (Lipinski definition) is 4. The molecule has 7 heteroatoms. The number of hydrogen-bond donors (Lipinski definition) is 2. The number of rotatable bonds is 4. The summed E-state index contributed by atoms with van der Waals surface area (Å²) in [6, 6.07) is 5.71. The van der Waals surface area contributed by atoms with Gasteiger partial charge in [-0.25, -0.2) is 8.78 Å². The molecule has 0 saturated carbocycles. The maximum atomic E-state index is 14.2. The number of nitrogens with two attached hydrogens (primary N) is 1. The van der Waals surface area contributed by atoms with Gasteiger partial charge in [0, 0.05) is 17.5 Å². The van der Waals surface area contributed by atoms with E-state index in [-0.39, 0.29) is 23.1 Å². The van der Waals surface area contributed by atoms with E-state index in [4.69, 9.17) is 10.9 Å². The minimum absolute atomic E-state index is 0.00609. The number of nitrogens with zero attached hydrogens (tertiary/aromatic N) is 2. The first-order valence-electron chi connectivity index (χ1n) is 6.19. The molecule has 3 N–H and O–H groups in total. The van der Waals surface area contributed by atoms with Gasteiger partial charge >= 0.3 is 0 Å². The van der Waals surface area contributed by atoms with Gasteiger partial charge in [-0.3, -0.25) is 0 Å². The molecule has 0 aliphatic carbocycles. The number of halogens is 2. The SMILES string of the molecule is CC(c1cccs1)N(C)c1c(F)cc(/C(N)=N/O)cc1F. The summed E-state index contributed by atoms with van der Waals surface area (Å²) in [6.45, 7) is 1.86. The number of amidine groups is 1. The highest BCUT2D eigenvalue weighted by molar-refractivity contribution is 7.10. The van der Waals surface area contributed by atoms with Crippen LogP contribution in [0.2, 0.25) is 0 Å². The summed E-state index contributed by atoms with van der Waals surface area (Å²) in [7, 11) is 1.62. The van der Waals surface area contributed by atoms with Crippen LogP contribution in [0, 0.1) is 11.6 Å². The molecular formula is C14H15F2N3OS. The van der Waals surface area contributed by atoms with Crippen LogP contribution in [0.1, 0.15) is 23.4 Å². The van der Waals surface area contributed by atoms with Crippen molar-refractivity contribution in [3.63, 3.8) is 0 Å². The highest BCUT2D eigenvalue weighted by Gasteiger charge is 2.21. The third-order valence-electron chi connectivity index (χ3n) is 3.31. The van der Waals surface area contributed by atoms with Crippen molar-refractivity contribution >= 4 is 22.9 Å². The molecule has 1 heterocycles. The summed E-state index contributed by atoms with van der Waals surface area (Å²) in [5.41, 5.74) is 5.20. The first-order valence-corrected chi connectivity index (χ1v) is 7.06. The van der Waals surface area contributed by atoms with E-state index in [2.05, 4.69) is 5.16 Å². The molecule has 0 aliphatic rings. The van der Waals surface area contributed by atoms with Crippen LogP contribution in [0.15, 0.2) is 34.8 Å². The van der Waals surface area contributed by atoms with E-state index >= 15 is 0 Å². The van der Waals surface area contributed by atoms with Gasteiger partial charge in [-0.2, -0.15) is 0 Å². The molecule has 0 fully saturated rings. The van der Waals surface area contributed by atoms with Gasteiger partial charge in [-0.05, 0) is 30.5 Å². The maximum absolute atomic E-state index is 14.2. The Balaban J connectivity index is 2.40. The second-order valence-electron chi connectivity index (χ2n) is 4.58. The average Bonchev–Trinajstić information content (AvgIpc) is 2.98. The van der Waals surface area contributed by atoms with E-state index in [1.807, 2.05) is 24.4 Å². The van der Waals surface area contributed by atoms with Crippen LogP contribution in [0.4, 0.5) is 14.5 Å². The first-order chi connectivity index (χ1) is 9.95. The van der Waals surface area contributed by atoms with Gasteiger partial charge in [0.15, 0.2) is 5.84 Å². The Morgan fingerprint density at radius 1 is 1.38 bits per heavy atom. The van der Waals surface area contributed by atoms with Crippen molar-refractivity contribution in [1.29, 1.82) is 0 Å². The molecule has 1 aromatic carbocycles. The van der Waals surface area contributed by atoms with Crippen molar-refractivity contribution in [2.75, 3.05) is 11.9 Å². The molecule has 1 aromatic heterocycles. The average molecular weight is 311 g/mol. The second kappa shape index (κ2) is 6.09. The fourth-order valence-electron chi connectivity index (χ4n) is 2.02. The lowest BCUT2D eigenvalue weighted by molar-refractivity contribution is 0.318. The molecule has 112 valence electrons. The molecule has 4 nitrogen and oxygen atoms in total. The van der Waals surface area contributed by atoms with Gasteiger partial charge in [0.25, 0.3) is 0 Å². The van der Waals surface area contributed by atoms with E-state index in [0.29, 0.717) is 0 Å². The van der Waals surface area contributed by atoms with Gasteiger partial charge < -0.3 is 15.8 Å². The Labute approximate surface area is 125 Å². The van der Waals surface area contributed by atoms with Crippen molar-refractivity contribution in [1.82, 2.24) is 0 Å². The predicted octanol–water partition coefficient (Wildman–Crippen LogP) is 3.32. The van der Waals surface area contributed by atoms with Crippen LogP contribution >= 0.6 is 11.3 Å². The molecule has 0 saturated heterocycles. The molecule has 0 bridgehead atoms. The monoisotopic (exact) mass is 311 g/mol. The smallest absolute Gasteiger partial charge is 0.170 e. The number of oxime groups is 1. The summed E-state index contributed by atoms with van der Waals surface area (Å²) in [6.07, 6.45) is 0. The molecular weight excluding hydrogens is 296 g/mol. The summed E-state index contributed by atoms with van der Waals surface area (Å²) >= 11 is 1.52. The fourth-order valence-corrected chi connectivity index (χ4v) is 2.85. The second-order valence-corrected chi connectivity index (χ2v) is 5.56. The topological polar surface area (TPSA) is 61.8 Å². The van der Waals surface area contributed by atoms with E-state index in [9.17, 15) is 8.78 Å². The molecule has 0 spiro atoms. The maximum Gasteiger partial charge on any atom is 0.170 e. The first kappa shape index (κ1) is 15.2. The zero-order chi connectivity index (χ0) is 15.6. The lowest BCUT2D eigenvalue weighted by atomic mass is 10.1. The Morgan fingerprint density at radius 3 is 2.48 bits per heavy atom. The zero-order valence-corrected chi connectivity index (χ0v) is 12.4. The highest BCUT2D eigenvalue weighted by atomic mass is 32.1. The van der Waals surface area contributed by atoms with Crippen LogP contribution in [-0.4, -0.2) is 18.1 Å². The van der Waals surface area contributed by atoms with Gasteiger partial charge in [-0.1, -0.05) is 11.2 Å². The van der Waals surface area contributed by atoms with Crippen molar-refractivity contribution in [3.05, 3.63) is 51.7 Å². The summed E-state index contributed by atoms with van der Waals surface area (Å²) in [4.78, 5) is 2.52. The molecule has 1 atom stereocenters. The Hall–Kier alpha value is -2.15. The van der Waals surface area contributed by atoms with Gasteiger partial charge in [0.2, 0.25) is 0 Å². The third-order valence-corrected chi connectivity index (χ3v) is 4.35. The summed E-state index contributed by atoms with van der Waals surface area (Å²) in [5.74, 6) is -1.86. The van der Waals surface area contributed by atoms with Crippen LogP contribution in [-0.2, 0) is 0 Å². The lowest BCUT2D eigenvalue weighted by Gasteiger charge is -2.27. The van der Waals surface area contributed by atoms with Crippen LogP contribution in [0.5, 0.6) is 0 Å². The van der Waals surface area contributed by atoms with E-state index in [1.54, 1.807) is 7.05 Å². The molecule has 1 unspecified atom stereocenters. The number of benzene rings is 1. The van der Waals surface area contributed by atoms with Gasteiger partial charge in [-0.15, -0.1) is 11.3 Å². The van der Waals surface area contributed by atoms with Gasteiger partial charge in [0.05, 0.1) is 6.04 Å². The van der Waals surface area contributed by atoms with Crippen LogP contribution in [0.3, 0.4) is 0 Å². The highest BCUT2D eigenvalue weighted by Crippen LogP contribution is 2.32. The van der Waals surface area contributed by atoms with Gasteiger partial charge in [0.1, 0.15) is 17.3 Å². The molecule has 2 aromatic rings. The Morgan fingerprint density at radius 2 is 2.00 bits per heavy atom. The van der Waals surface area contributed by atoms with Crippen molar-refractivity contribution in [2.24, 2.45) is 10.9 Å². The quantitative estimate of drug-likeness (QED) is 0.394. The minimum Gasteiger partial charge on any atom is -0.409 e. The summed E-state index contributed by atoms with van der Waals surface area (Å²) in [5, 5.41) is 13.2. The standard InChI is InChI=1S/C14H15F2N3OS/c1-8(12-4-3-5-21-12)19(2)13-10(15)6-9(7-11(13)16)14(17)18-20/h3-8,20H,1-2H3,(H2,17,18). The molecule has 0 radical (unpaired) electrons. The molecule has 2 rings (SSSR count). The molecule has 21 heavy (non-hydrogen) atoms. The third kappa shape index (κ3) is 2.97. The largest absolute Gasteiger partial charge is 0.409 e. The van der Waals surface area contributed by atoms with Crippen molar-refractivity contribution in [2.45, 2.75) is 13.0 Å². The Bertz CT molecular complexity index is 635. The van der Waals surface area contributed by atoms with E-state index in [1.165, 1.54) is 16.2 Å². The fraction of sp³-hybridized carbons (Fsp3) is 0.214. The predicted molar refractivity (Wildman–Crippen MR) is 80.0 cm³/mol. The normalized spacial score (nSPS) is 13.2. The van der Waals surface area contributed by atoms with Crippen molar-refractivity contribution in [3.8, 4) is 0 Å².